The van der Waals surface area contributed by atoms with Crippen molar-refractivity contribution in [3.63, 3.8) is 0 Å². The highest BCUT2D eigenvalue weighted by Gasteiger charge is 2.26. The molecule has 1 saturated heterocycles. The van der Waals surface area contributed by atoms with Crippen molar-refractivity contribution in [2.24, 2.45) is 0 Å². The first-order valence-corrected chi connectivity index (χ1v) is 8.40. The predicted molar refractivity (Wildman–Crippen MR) is 89.9 cm³/mol. The molecule has 1 amide bonds. The minimum atomic E-state index is -0.824. The number of carbonyl (C=O) groups excluding carboxylic acids is 1. The zero-order valence-corrected chi connectivity index (χ0v) is 14.5. The van der Waals surface area contributed by atoms with Gasteiger partial charge in [-0.1, -0.05) is 12.1 Å². The normalized spacial score (nSPS) is 16.9. The Balaban J connectivity index is 1.56. The van der Waals surface area contributed by atoms with Crippen LogP contribution in [-0.2, 0) is 11.3 Å². The molecule has 1 fully saturated rings. The molecule has 2 aromatic rings. The number of nitrogens with zero attached hydrogens (tertiary/aromatic N) is 4. The number of hydrogen-bond donors (Lipinski definition) is 0. The number of aryl methyl sites for hydroxylation is 1. The number of halogens is 2. The van der Waals surface area contributed by atoms with Gasteiger partial charge in [-0.25, -0.2) is 8.78 Å². The number of rotatable bonds is 4. The zero-order valence-electron chi connectivity index (χ0n) is 14.5. The van der Waals surface area contributed by atoms with Crippen LogP contribution in [0.2, 0.25) is 0 Å². The summed E-state index contributed by atoms with van der Waals surface area (Å²) in [6, 6.07) is 3.88. The van der Waals surface area contributed by atoms with E-state index >= 15 is 0 Å². The summed E-state index contributed by atoms with van der Waals surface area (Å²) in [4.78, 5) is 16.4. The van der Waals surface area contributed by atoms with E-state index in [0.29, 0.717) is 38.3 Å². The average molecular weight is 348 g/mol. The lowest BCUT2D eigenvalue weighted by Crippen LogP contribution is -2.50. The number of amides is 1. The van der Waals surface area contributed by atoms with Gasteiger partial charge in [-0.15, -0.1) is 0 Å². The maximum atomic E-state index is 13.8. The Labute approximate surface area is 145 Å². The van der Waals surface area contributed by atoms with Crippen LogP contribution in [0.3, 0.4) is 0 Å². The van der Waals surface area contributed by atoms with E-state index in [0.717, 1.165) is 11.6 Å². The molecule has 0 saturated carbocycles. The van der Waals surface area contributed by atoms with Gasteiger partial charge >= 0.3 is 0 Å². The number of carbonyl (C=O) groups is 1. The SMILES string of the molecule is Cc1cnn(C(C)C(=O)N2CCN(Cc3cccc(F)c3F)CC2)c1. The van der Waals surface area contributed by atoms with Gasteiger partial charge in [-0.2, -0.15) is 5.10 Å². The number of piperazine rings is 1. The Kier molecular flexibility index (Phi) is 5.13. The fourth-order valence-electron chi connectivity index (χ4n) is 3.06. The molecule has 0 radical (unpaired) electrons. The van der Waals surface area contributed by atoms with E-state index in [2.05, 4.69) is 5.10 Å². The molecule has 5 nitrogen and oxygen atoms in total. The van der Waals surface area contributed by atoms with Crippen LogP contribution in [0, 0.1) is 18.6 Å². The first-order valence-electron chi connectivity index (χ1n) is 8.40. The quantitative estimate of drug-likeness (QED) is 0.852. The lowest BCUT2D eigenvalue weighted by molar-refractivity contribution is -0.136. The van der Waals surface area contributed by atoms with Gasteiger partial charge in [-0.3, -0.25) is 14.4 Å². The molecule has 2 heterocycles. The third-order valence-electron chi connectivity index (χ3n) is 4.59. The second-order valence-electron chi connectivity index (χ2n) is 6.49. The summed E-state index contributed by atoms with van der Waals surface area (Å²) in [5, 5.41) is 4.20. The van der Waals surface area contributed by atoms with Crippen LogP contribution in [0.1, 0.15) is 24.1 Å². The topological polar surface area (TPSA) is 41.4 Å². The zero-order chi connectivity index (χ0) is 18.0. The summed E-state index contributed by atoms with van der Waals surface area (Å²) >= 11 is 0. The van der Waals surface area contributed by atoms with Crippen LogP contribution < -0.4 is 0 Å². The molecule has 0 bridgehead atoms. The number of benzene rings is 1. The molecule has 7 heteroatoms. The predicted octanol–water partition coefficient (Wildman–Crippen LogP) is 2.38. The molecule has 1 aliphatic rings. The smallest absolute Gasteiger partial charge is 0.247 e. The molecule has 0 aliphatic carbocycles. The van der Waals surface area contributed by atoms with Crippen LogP contribution in [0.4, 0.5) is 8.78 Å². The molecule has 1 atom stereocenters. The van der Waals surface area contributed by atoms with E-state index in [1.54, 1.807) is 21.8 Å². The van der Waals surface area contributed by atoms with Crippen molar-refractivity contribution in [2.75, 3.05) is 26.2 Å². The lowest BCUT2D eigenvalue weighted by Gasteiger charge is -2.36. The van der Waals surface area contributed by atoms with Crippen molar-refractivity contribution in [3.8, 4) is 0 Å². The second-order valence-corrected chi connectivity index (χ2v) is 6.49. The van der Waals surface area contributed by atoms with E-state index in [-0.39, 0.29) is 11.9 Å². The number of aromatic nitrogens is 2. The highest BCUT2D eigenvalue weighted by atomic mass is 19.2. The molecule has 3 rings (SSSR count). The Morgan fingerprint density at radius 2 is 1.96 bits per heavy atom. The summed E-state index contributed by atoms with van der Waals surface area (Å²) in [5.41, 5.74) is 1.36. The van der Waals surface area contributed by atoms with Gasteiger partial charge < -0.3 is 4.90 Å². The highest BCUT2D eigenvalue weighted by Crippen LogP contribution is 2.17. The standard InChI is InChI=1S/C18H22F2N4O/c1-13-10-21-24(11-13)14(2)18(25)23-8-6-22(7-9-23)12-15-4-3-5-16(19)17(15)20/h3-5,10-11,14H,6-9,12H2,1-2H3. The molecule has 25 heavy (non-hydrogen) atoms. The summed E-state index contributed by atoms with van der Waals surface area (Å²) in [6.45, 7) is 6.52. The third-order valence-corrected chi connectivity index (χ3v) is 4.59. The van der Waals surface area contributed by atoms with Gasteiger partial charge in [0, 0.05) is 44.5 Å². The monoisotopic (exact) mass is 348 g/mol. The van der Waals surface area contributed by atoms with Gasteiger partial charge in [0.05, 0.1) is 6.20 Å². The summed E-state index contributed by atoms with van der Waals surface area (Å²) in [7, 11) is 0. The number of hydrogen-bond acceptors (Lipinski definition) is 3. The van der Waals surface area contributed by atoms with Crippen LogP contribution in [0.5, 0.6) is 0 Å². The van der Waals surface area contributed by atoms with Crippen molar-refractivity contribution < 1.29 is 13.6 Å². The Morgan fingerprint density at radius 1 is 1.24 bits per heavy atom. The van der Waals surface area contributed by atoms with Crippen molar-refractivity contribution >= 4 is 5.91 Å². The van der Waals surface area contributed by atoms with Gasteiger partial charge in [0.1, 0.15) is 6.04 Å². The molecule has 1 unspecified atom stereocenters. The van der Waals surface area contributed by atoms with Crippen LogP contribution in [0.25, 0.3) is 0 Å². The minimum absolute atomic E-state index is 0.0275. The van der Waals surface area contributed by atoms with Gasteiger partial charge in [0.15, 0.2) is 11.6 Å². The van der Waals surface area contributed by atoms with Crippen LogP contribution in [-0.4, -0.2) is 51.7 Å². The molecular formula is C18H22F2N4O. The van der Waals surface area contributed by atoms with Crippen molar-refractivity contribution in [1.82, 2.24) is 19.6 Å². The molecule has 1 aromatic heterocycles. The first kappa shape index (κ1) is 17.5. The second kappa shape index (κ2) is 7.31. The molecular weight excluding hydrogens is 326 g/mol. The molecule has 134 valence electrons. The summed E-state index contributed by atoms with van der Waals surface area (Å²) in [5.74, 6) is -1.59. The highest BCUT2D eigenvalue weighted by molar-refractivity contribution is 5.80. The maximum Gasteiger partial charge on any atom is 0.247 e. The molecule has 1 aromatic carbocycles. The van der Waals surface area contributed by atoms with Gasteiger partial charge in [-0.05, 0) is 25.5 Å². The Bertz CT molecular complexity index is 753. The maximum absolute atomic E-state index is 13.8. The Hall–Kier alpha value is -2.28. The van der Waals surface area contributed by atoms with Crippen molar-refractivity contribution in [1.29, 1.82) is 0 Å². The van der Waals surface area contributed by atoms with E-state index < -0.39 is 11.6 Å². The van der Waals surface area contributed by atoms with Crippen LogP contribution in [0.15, 0.2) is 30.6 Å². The lowest BCUT2D eigenvalue weighted by atomic mass is 10.1. The average Bonchev–Trinajstić information content (AvgIpc) is 3.05. The first-order chi connectivity index (χ1) is 12.0. The molecule has 1 aliphatic heterocycles. The summed E-state index contributed by atoms with van der Waals surface area (Å²) in [6.07, 6.45) is 3.58. The third kappa shape index (κ3) is 3.87. The Morgan fingerprint density at radius 3 is 2.60 bits per heavy atom. The van der Waals surface area contributed by atoms with E-state index in [1.165, 1.54) is 6.07 Å². The van der Waals surface area contributed by atoms with Gasteiger partial charge in [0.25, 0.3) is 0 Å². The summed E-state index contributed by atoms with van der Waals surface area (Å²) < 4.78 is 28.8. The van der Waals surface area contributed by atoms with Crippen LogP contribution >= 0.6 is 0 Å². The fourth-order valence-corrected chi connectivity index (χ4v) is 3.06. The van der Waals surface area contributed by atoms with E-state index in [4.69, 9.17) is 0 Å². The van der Waals surface area contributed by atoms with E-state index in [1.807, 2.05) is 24.9 Å². The fraction of sp³-hybridized carbons (Fsp3) is 0.444. The van der Waals surface area contributed by atoms with Crippen molar-refractivity contribution in [3.05, 3.63) is 53.4 Å². The largest absolute Gasteiger partial charge is 0.338 e. The molecule has 0 N–H and O–H groups in total. The minimum Gasteiger partial charge on any atom is -0.338 e. The van der Waals surface area contributed by atoms with E-state index in [9.17, 15) is 13.6 Å². The van der Waals surface area contributed by atoms with Gasteiger partial charge in [0.2, 0.25) is 5.91 Å². The molecule has 0 spiro atoms. The van der Waals surface area contributed by atoms with Crippen molar-refractivity contribution in [2.45, 2.75) is 26.4 Å².